The third kappa shape index (κ3) is 3.51. The summed E-state index contributed by atoms with van der Waals surface area (Å²) >= 11 is 0. The summed E-state index contributed by atoms with van der Waals surface area (Å²) in [6.07, 6.45) is 3.00. The van der Waals surface area contributed by atoms with Crippen LogP contribution in [0.4, 0.5) is 0 Å². The summed E-state index contributed by atoms with van der Waals surface area (Å²) in [7, 11) is 1.53. The van der Waals surface area contributed by atoms with Crippen molar-refractivity contribution in [2.45, 2.75) is 31.3 Å². The van der Waals surface area contributed by atoms with E-state index in [1.165, 1.54) is 7.11 Å². The Labute approximate surface area is 145 Å². The molecule has 1 aromatic heterocycles. The lowest BCUT2D eigenvalue weighted by atomic mass is 10.2. The Balaban J connectivity index is 1.47. The second-order valence-electron chi connectivity index (χ2n) is 6.53. The van der Waals surface area contributed by atoms with Crippen LogP contribution >= 0.6 is 0 Å². The van der Waals surface area contributed by atoms with Gasteiger partial charge in [-0.3, -0.25) is 4.79 Å². The largest absolute Gasteiger partial charge is 0.488 e. The molecule has 25 heavy (non-hydrogen) atoms. The molecule has 132 valence electrons. The summed E-state index contributed by atoms with van der Waals surface area (Å²) in [4.78, 5) is 18.2. The molecule has 0 radical (unpaired) electrons. The summed E-state index contributed by atoms with van der Waals surface area (Å²) in [6, 6.07) is 7.66. The molecule has 4 rings (SSSR count). The Bertz CT molecular complexity index is 756. The van der Waals surface area contributed by atoms with Crippen molar-refractivity contribution in [2.24, 2.45) is 0 Å². The van der Waals surface area contributed by atoms with Gasteiger partial charge in [-0.05, 0) is 25.0 Å². The number of carbonyl (C=O) groups is 1. The molecule has 2 fully saturated rings. The smallest absolute Gasteiger partial charge is 0.261 e. The lowest BCUT2D eigenvalue weighted by molar-refractivity contribution is -0.134. The Morgan fingerprint density at radius 2 is 2.16 bits per heavy atom. The minimum absolute atomic E-state index is 0.00661. The zero-order valence-corrected chi connectivity index (χ0v) is 14.2. The highest BCUT2D eigenvalue weighted by molar-refractivity contribution is 5.77. The number of para-hydroxylation sites is 1. The quantitative estimate of drug-likeness (QED) is 0.800. The number of methoxy groups -OCH3 is 1. The lowest BCUT2D eigenvalue weighted by Crippen LogP contribution is -2.33. The molecule has 7 heteroatoms. The predicted octanol–water partition coefficient (Wildman–Crippen LogP) is 2.24. The molecule has 2 aromatic rings. The van der Waals surface area contributed by atoms with E-state index in [1.54, 1.807) is 4.90 Å². The van der Waals surface area contributed by atoms with Crippen LogP contribution in [0, 0.1) is 0 Å². The molecular formula is C18H21N3O4. The van der Waals surface area contributed by atoms with Crippen molar-refractivity contribution in [1.29, 1.82) is 0 Å². The van der Waals surface area contributed by atoms with E-state index < -0.39 is 0 Å². The van der Waals surface area contributed by atoms with Crippen LogP contribution in [0.15, 0.2) is 28.8 Å². The van der Waals surface area contributed by atoms with Gasteiger partial charge in [0.15, 0.2) is 5.82 Å². The Kier molecular flexibility index (Phi) is 4.40. The van der Waals surface area contributed by atoms with Crippen LogP contribution in [0.25, 0.3) is 11.5 Å². The molecule has 1 atom stereocenters. The fourth-order valence-corrected chi connectivity index (χ4v) is 3.04. The van der Waals surface area contributed by atoms with Gasteiger partial charge in [0.25, 0.3) is 5.89 Å². The Morgan fingerprint density at radius 1 is 1.32 bits per heavy atom. The number of hydrogen-bond donors (Lipinski definition) is 0. The standard InChI is InChI=1S/C18H21N3O4/c1-23-11-16(22)21-9-8-13(10-21)24-15-5-3-2-4-14(15)18-19-17(20-25-18)12-6-7-12/h2-5,12-13H,6-11H2,1H3. The van der Waals surface area contributed by atoms with Crippen molar-refractivity contribution in [3.63, 3.8) is 0 Å². The van der Waals surface area contributed by atoms with Gasteiger partial charge < -0.3 is 18.9 Å². The van der Waals surface area contributed by atoms with E-state index in [4.69, 9.17) is 14.0 Å². The second kappa shape index (κ2) is 6.84. The summed E-state index contributed by atoms with van der Waals surface area (Å²) in [6.45, 7) is 1.35. The van der Waals surface area contributed by atoms with Crippen molar-refractivity contribution in [1.82, 2.24) is 15.0 Å². The molecule has 2 aliphatic rings. The van der Waals surface area contributed by atoms with Crippen molar-refractivity contribution >= 4 is 5.91 Å². The molecule has 1 unspecified atom stereocenters. The molecule has 1 amide bonds. The Hall–Kier alpha value is -2.41. The number of rotatable bonds is 6. The first kappa shape index (κ1) is 16.1. The van der Waals surface area contributed by atoms with Crippen LogP contribution in [0.3, 0.4) is 0 Å². The van der Waals surface area contributed by atoms with Gasteiger partial charge in [0.1, 0.15) is 18.5 Å². The minimum atomic E-state index is -0.0484. The van der Waals surface area contributed by atoms with Crippen molar-refractivity contribution < 1.29 is 18.8 Å². The van der Waals surface area contributed by atoms with E-state index in [0.717, 1.165) is 30.7 Å². The van der Waals surface area contributed by atoms with Crippen LogP contribution in [0.1, 0.15) is 31.0 Å². The average molecular weight is 343 g/mol. The number of nitrogens with zero attached hydrogens (tertiary/aromatic N) is 3. The van der Waals surface area contributed by atoms with Gasteiger partial charge in [-0.1, -0.05) is 17.3 Å². The van der Waals surface area contributed by atoms with E-state index in [-0.39, 0.29) is 18.6 Å². The van der Waals surface area contributed by atoms with Gasteiger partial charge in [0.05, 0.1) is 12.1 Å². The zero-order valence-electron chi connectivity index (χ0n) is 14.2. The number of hydrogen-bond acceptors (Lipinski definition) is 6. The molecule has 1 aromatic carbocycles. The summed E-state index contributed by atoms with van der Waals surface area (Å²) < 4.78 is 16.5. The second-order valence-corrected chi connectivity index (χ2v) is 6.53. The third-order valence-electron chi connectivity index (χ3n) is 4.56. The van der Waals surface area contributed by atoms with Crippen molar-refractivity contribution in [3.05, 3.63) is 30.1 Å². The normalized spacial score (nSPS) is 20.0. The van der Waals surface area contributed by atoms with Crippen LogP contribution in [0.5, 0.6) is 5.75 Å². The lowest BCUT2D eigenvalue weighted by Gasteiger charge is -2.17. The van der Waals surface area contributed by atoms with Gasteiger partial charge in [-0.15, -0.1) is 0 Å². The SMILES string of the molecule is COCC(=O)N1CCC(Oc2ccccc2-c2nc(C3CC3)no2)C1. The number of likely N-dealkylation sites (tertiary alicyclic amines) is 1. The summed E-state index contributed by atoms with van der Waals surface area (Å²) in [5.74, 6) is 2.41. The van der Waals surface area contributed by atoms with Gasteiger partial charge in [-0.2, -0.15) is 4.98 Å². The van der Waals surface area contributed by atoms with E-state index in [0.29, 0.717) is 30.6 Å². The first-order valence-corrected chi connectivity index (χ1v) is 8.61. The zero-order chi connectivity index (χ0) is 17.2. The van der Waals surface area contributed by atoms with Crippen molar-refractivity contribution in [2.75, 3.05) is 26.8 Å². The maximum Gasteiger partial charge on any atom is 0.261 e. The van der Waals surface area contributed by atoms with Crippen molar-refractivity contribution in [3.8, 4) is 17.2 Å². The fraction of sp³-hybridized carbons (Fsp3) is 0.500. The predicted molar refractivity (Wildman–Crippen MR) is 89.2 cm³/mol. The van der Waals surface area contributed by atoms with Gasteiger partial charge in [0, 0.05) is 26.0 Å². The monoisotopic (exact) mass is 343 g/mol. The van der Waals surface area contributed by atoms with Crippen LogP contribution in [0.2, 0.25) is 0 Å². The molecule has 7 nitrogen and oxygen atoms in total. The van der Waals surface area contributed by atoms with Gasteiger partial charge >= 0.3 is 0 Å². The molecule has 0 N–H and O–H groups in total. The number of ether oxygens (including phenoxy) is 2. The topological polar surface area (TPSA) is 77.7 Å². The van der Waals surface area contributed by atoms with Crippen LogP contribution < -0.4 is 4.74 Å². The number of carbonyl (C=O) groups excluding carboxylic acids is 1. The minimum Gasteiger partial charge on any atom is -0.488 e. The third-order valence-corrected chi connectivity index (χ3v) is 4.56. The van der Waals surface area contributed by atoms with E-state index >= 15 is 0 Å². The molecule has 1 saturated carbocycles. The highest BCUT2D eigenvalue weighted by Gasteiger charge is 2.30. The molecule has 1 saturated heterocycles. The first-order chi connectivity index (χ1) is 12.2. The maximum atomic E-state index is 11.9. The number of benzene rings is 1. The van der Waals surface area contributed by atoms with E-state index in [2.05, 4.69) is 10.1 Å². The molecule has 0 bridgehead atoms. The highest BCUT2D eigenvalue weighted by Crippen LogP contribution is 2.39. The van der Waals surface area contributed by atoms with E-state index in [9.17, 15) is 4.79 Å². The molecule has 1 aliphatic carbocycles. The molecule has 0 spiro atoms. The molecule has 2 heterocycles. The average Bonchev–Trinajstić information content (AvgIpc) is 3.17. The van der Waals surface area contributed by atoms with Crippen LogP contribution in [-0.2, 0) is 9.53 Å². The first-order valence-electron chi connectivity index (χ1n) is 8.61. The summed E-state index contributed by atoms with van der Waals surface area (Å²) in [5, 5.41) is 4.07. The number of amides is 1. The molecular weight excluding hydrogens is 322 g/mol. The van der Waals surface area contributed by atoms with Crippen LogP contribution in [-0.4, -0.2) is 53.9 Å². The molecule has 1 aliphatic heterocycles. The maximum absolute atomic E-state index is 11.9. The summed E-state index contributed by atoms with van der Waals surface area (Å²) in [5.41, 5.74) is 0.795. The van der Waals surface area contributed by atoms with Gasteiger partial charge in [-0.25, -0.2) is 0 Å². The highest BCUT2D eigenvalue weighted by atomic mass is 16.5. The number of aromatic nitrogens is 2. The van der Waals surface area contributed by atoms with E-state index in [1.807, 2.05) is 24.3 Å². The Morgan fingerprint density at radius 3 is 2.96 bits per heavy atom. The van der Waals surface area contributed by atoms with Gasteiger partial charge in [0.2, 0.25) is 5.91 Å². The fourth-order valence-electron chi connectivity index (χ4n) is 3.04.